The van der Waals surface area contributed by atoms with Gasteiger partial charge in [0.15, 0.2) is 0 Å². The maximum atomic E-state index is 18.0. The van der Waals surface area contributed by atoms with E-state index in [4.69, 9.17) is 31.0 Å². The number of fused-ring (bicyclic) bond motifs is 6. The van der Waals surface area contributed by atoms with E-state index >= 15 is 17.6 Å². The number of alkyl halides is 5. The third-order valence-corrected chi connectivity index (χ3v) is 15.9. The number of pyridine rings is 1. The standard InChI is InChI=1S/C52H66ClF5N10O7S/c1-28(2)43(64(7)47(70)30-13-15-66(24-30)49(72)45(53)55)46(69)61-36-21-39-60-37(25-76-39)32-11-12-38-40(41(32)54)34(22-51(4,5)27-75-50(73)35-10-9-14-68(62-35)48(36)71)44(67(38)26-52(56,57)58)33-20-31(23-59-42(33)29(3)74-8)65-18-16-63(6)17-19-65/h11-12,20,23,25,28-30,35-36,43,45,62H,9-10,13-19,21-22,24,26-27H2,1-8H3,(H,61,69)/t29?,30?,35?,36-,43-,45?/m0/s1. The first-order valence-electron chi connectivity index (χ1n) is 25.6. The minimum atomic E-state index is -4.76. The van der Waals surface area contributed by atoms with Crippen LogP contribution in [0.2, 0.25) is 0 Å². The number of ether oxygens (including phenoxy) is 2. The Morgan fingerprint density at radius 2 is 1.79 bits per heavy atom. The lowest BCUT2D eigenvalue weighted by Crippen LogP contribution is -2.62. The normalized spacial score (nSPS) is 22.1. The Balaban J connectivity index is 1.23. The summed E-state index contributed by atoms with van der Waals surface area (Å²) in [4.78, 5) is 85.7. The van der Waals surface area contributed by atoms with Crippen LogP contribution >= 0.6 is 22.9 Å². The lowest BCUT2D eigenvalue weighted by molar-refractivity contribution is -0.155. The van der Waals surface area contributed by atoms with E-state index in [0.717, 1.165) is 33.9 Å². The van der Waals surface area contributed by atoms with Crippen molar-refractivity contribution in [2.45, 2.75) is 109 Å². The fourth-order valence-corrected chi connectivity index (χ4v) is 11.8. The minimum absolute atomic E-state index is 0.0279. The van der Waals surface area contributed by atoms with E-state index in [1.807, 2.05) is 7.05 Å². The number of methoxy groups -OCH3 is 1. The molecule has 76 heavy (non-hydrogen) atoms. The van der Waals surface area contributed by atoms with Gasteiger partial charge in [-0.1, -0.05) is 39.3 Å². The number of hydrogen-bond acceptors (Lipinski definition) is 13. The van der Waals surface area contributed by atoms with Gasteiger partial charge in [-0.3, -0.25) is 34.0 Å². The van der Waals surface area contributed by atoms with Gasteiger partial charge in [-0.2, -0.15) is 13.2 Å². The number of aromatic nitrogens is 3. The van der Waals surface area contributed by atoms with Crippen molar-refractivity contribution in [1.82, 2.24) is 45.0 Å². The number of likely N-dealkylation sites (tertiary alicyclic amines) is 1. The van der Waals surface area contributed by atoms with Crippen LogP contribution in [0.5, 0.6) is 0 Å². The first-order valence-corrected chi connectivity index (χ1v) is 26.9. The molecule has 4 aromatic rings. The van der Waals surface area contributed by atoms with Crippen molar-refractivity contribution in [2.24, 2.45) is 17.3 Å². The highest BCUT2D eigenvalue weighted by Gasteiger charge is 2.42. The molecule has 8 rings (SSSR count). The summed E-state index contributed by atoms with van der Waals surface area (Å²) in [6, 6.07) is 1.14. The number of cyclic esters (lactones) is 1. The summed E-state index contributed by atoms with van der Waals surface area (Å²) in [5.41, 5.74) is 1.45. The van der Waals surface area contributed by atoms with E-state index in [-0.39, 0.29) is 90.3 Å². The zero-order valence-electron chi connectivity index (χ0n) is 43.9. The highest BCUT2D eigenvalue weighted by molar-refractivity contribution is 7.10. The predicted octanol–water partition coefficient (Wildman–Crippen LogP) is 6.50. The van der Waals surface area contributed by atoms with Crippen LogP contribution < -0.4 is 15.6 Å². The molecule has 4 aliphatic rings. The van der Waals surface area contributed by atoms with E-state index in [9.17, 15) is 28.4 Å². The van der Waals surface area contributed by atoms with Gasteiger partial charge in [0.25, 0.3) is 17.4 Å². The molecule has 0 radical (unpaired) electrons. The number of piperazine rings is 1. The molecule has 414 valence electrons. The molecule has 4 unspecified atom stereocenters. The number of hydrogen-bond donors (Lipinski definition) is 2. The molecule has 0 aliphatic carbocycles. The van der Waals surface area contributed by atoms with Crippen molar-refractivity contribution in [3.05, 3.63) is 51.9 Å². The summed E-state index contributed by atoms with van der Waals surface area (Å²) in [7, 11) is 4.93. The molecular weight excluding hydrogens is 1040 g/mol. The third kappa shape index (κ3) is 12.1. The van der Waals surface area contributed by atoms with E-state index in [0.29, 0.717) is 36.5 Å². The number of carbonyl (C=O) groups excluding carboxylic acids is 5. The average Bonchev–Trinajstić information content (AvgIpc) is 4.14. The summed E-state index contributed by atoms with van der Waals surface area (Å²) in [5, 5.41) is 5.88. The molecular formula is C52H66ClF5N10O7S. The number of nitrogens with one attached hydrogen (secondary N) is 2. The Morgan fingerprint density at radius 1 is 1.07 bits per heavy atom. The number of likely N-dealkylation sites (N-methyl/N-ethyl adjacent to an activating group) is 2. The zero-order valence-corrected chi connectivity index (χ0v) is 45.5. The van der Waals surface area contributed by atoms with Crippen LogP contribution in [-0.4, -0.2) is 167 Å². The van der Waals surface area contributed by atoms with Crippen LogP contribution in [0.1, 0.15) is 76.3 Å². The van der Waals surface area contributed by atoms with Gasteiger partial charge in [-0.05, 0) is 69.3 Å². The number of carbonyl (C=O) groups is 5. The molecule has 0 spiro atoms. The number of nitrogens with zero attached hydrogens (tertiary/aromatic N) is 8. The van der Waals surface area contributed by atoms with Gasteiger partial charge in [-0.25, -0.2) is 19.2 Å². The summed E-state index contributed by atoms with van der Waals surface area (Å²) >= 11 is 6.48. The molecule has 6 atom stereocenters. The van der Waals surface area contributed by atoms with Crippen LogP contribution in [0.25, 0.3) is 33.4 Å². The predicted molar refractivity (Wildman–Crippen MR) is 276 cm³/mol. The molecule has 7 heterocycles. The van der Waals surface area contributed by atoms with E-state index < -0.39 is 95.2 Å². The average molecular weight is 1110 g/mol. The second-order valence-corrected chi connectivity index (χ2v) is 22.8. The van der Waals surface area contributed by atoms with Crippen LogP contribution in [0.3, 0.4) is 0 Å². The smallest absolute Gasteiger partial charge is 0.406 e. The molecule has 3 aromatic heterocycles. The molecule has 3 fully saturated rings. The van der Waals surface area contributed by atoms with E-state index in [2.05, 4.69) is 20.5 Å². The Kier molecular flexibility index (Phi) is 17.0. The molecule has 24 heteroatoms. The summed E-state index contributed by atoms with van der Waals surface area (Å²) < 4.78 is 89.7. The van der Waals surface area contributed by atoms with Crippen molar-refractivity contribution >= 4 is 69.1 Å². The molecule has 17 nitrogen and oxygen atoms in total. The Bertz CT molecular complexity index is 2840. The number of amides is 4. The number of anilines is 1. The molecule has 4 amide bonds. The topological polar surface area (TPSA) is 175 Å². The minimum Gasteiger partial charge on any atom is -0.464 e. The summed E-state index contributed by atoms with van der Waals surface area (Å²) in [6.07, 6.45) is -3.20. The van der Waals surface area contributed by atoms with Gasteiger partial charge in [0.2, 0.25) is 11.8 Å². The second kappa shape index (κ2) is 22.8. The molecule has 0 saturated carbocycles. The van der Waals surface area contributed by atoms with Crippen molar-refractivity contribution < 1.29 is 55.4 Å². The lowest BCUT2D eigenvalue weighted by atomic mass is 9.84. The van der Waals surface area contributed by atoms with Gasteiger partial charge in [0.1, 0.15) is 30.5 Å². The second-order valence-electron chi connectivity index (χ2n) is 21.5. The molecule has 4 aliphatic heterocycles. The number of halogens is 6. The maximum absolute atomic E-state index is 18.0. The SMILES string of the molecule is COC(C)c1ncc(N2CCN(C)CC2)cc1-c1c2c3c(F)c(ccc3n1CC(F)(F)F)-c1csc(n1)C[C@H](NC(=O)[C@H](C(C)C)N(C)C(=O)C1CCN(C(=O)C(F)Cl)C1)C(=O)N1CCCC(N1)C(=O)OCC(C)(C)C2. The monoisotopic (exact) mass is 1100 g/mol. The van der Waals surface area contributed by atoms with Gasteiger partial charge >= 0.3 is 12.1 Å². The lowest BCUT2D eigenvalue weighted by Gasteiger charge is -2.37. The van der Waals surface area contributed by atoms with Crippen molar-refractivity contribution in [3.8, 4) is 22.5 Å². The van der Waals surface area contributed by atoms with Crippen molar-refractivity contribution in [2.75, 3.05) is 78.5 Å². The van der Waals surface area contributed by atoms with Crippen LogP contribution in [0.4, 0.5) is 27.6 Å². The zero-order chi connectivity index (χ0) is 55.1. The summed E-state index contributed by atoms with van der Waals surface area (Å²) in [5.74, 6) is -5.53. The van der Waals surface area contributed by atoms with E-state index in [1.165, 1.54) is 36.2 Å². The quantitative estimate of drug-likeness (QED) is 0.0950. The molecule has 6 bridgehead atoms. The van der Waals surface area contributed by atoms with Gasteiger partial charge in [0.05, 0.1) is 58.1 Å². The highest BCUT2D eigenvalue weighted by atomic mass is 35.5. The highest BCUT2D eigenvalue weighted by Crippen LogP contribution is 2.45. The summed E-state index contributed by atoms with van der Waals surface area (Å²) in [6.45, 7) is 9.93. The van der Waals surface area contributed by atoms with Crippen LogP contribution in [-0.2, 0) is 52.8 Å². The fourth-order valence-electron chi connectivity index (χ4n) is 10.8. The maximum Gasteiger partial charge on any atom is 0.406 e. The largest absolute Gasteiger partial charge is 0.464 e. The number of esters is 1. The van der Waals surface area contributed by atoms with Crippen LogP contribution in [0, 0.1) is 23.1 Å². The number of rotatable bonds is 11. The molecule has 2 N–H and O–H groups in total. The van der Waals surface area contributed by atoms with Crippen LogP contribution in [0.15, 0.2) is 29.8 Å². The fraction of sp³-hybridized carbons (Fsp3) is 0.596. The Labute approximate surface area is 447 Å². The molecule has 3 saturated heterocycles. The third-order valence-electron chi connectivity index (χ3n) is 14.9. The Morgan fingerprint density at radius 3 is 2.46 bits per heavy atom. The number of thiazole rings is 1. The molecule has 1 aromatic carbocycles. The Hall–Kier alpha value is -5.49. The van der Waals surface area contributed by atoms with Crippen molar-refractivity contribution in [3.63, 3.8) is 0 Å². The van der Waals surface area contributed by atoms with Gasteiger partial charge in [0, 0.05) is 93.7 Å². The van der Waals surface area contributed by atoms with E-state index in [1.54, 1.807) is 52.3 Å². The number of hydrazine groups is 1. The first kappa shape index (κ1) is 56.7. The first-order chi connectivity index (χ1) is 35.9. The van der Waals surface area contributed by atoms with Gasteiger partial charge < -0.3 is 39.0 Å². The number of benzene rings is 1. The van der Waals surface area contributed by atoms with Gasteiger partial charge in [-0.15, -0.1) is 11.3 Å². The van der Waals surface area contributed by atoms with Crippen molar-refractivity contribution in [1.29, 1.82) is 0 Å².